The number of nitrogens with zero attached hydrogens (tertiary/aromatic N) is 2. The maximum atomic E-state index is 13.9. The Balaban J connectivity index is 2.00. The Bertz CT molecular complexity index is 856. The van der Waals surface area contributed by atoms with Crippen molar-refractivity contribution in [2.75, 3.05) is 6.61 Å². The van der Waals surface area contributed by atoms with Crippen LogP contribution in [0.2, 0.25) is 0 Å². The molecule has 1 N–H and O–H groups in total. The SMILES string of the molecule is O=c1c(F)cn(C2CCCO2)c(=O)n1CC(O)c1ccccc1F. The first kappa shape index (κ1) is 16.5. The van der Waals surface area contributed by atoms with Gasteiger partial charge in [-0.3, -0.25) is 13.9 Å². The van der Waals surface area contributed by atoms with Gasteiger partial charge in [-0.1, -0.05) is 18.2 Å². The van der Waals surface area contributed by atoms with Crippen molar-refractivity contribution >= 4 is 0 Å². The van der Waals surface area contributed by atoms with Crippen LogP contribution >= 0.6 is 0 Å². The Morgan fingerprint density at radius 2 is 2.00 bits per heavy atom. The van der Waals surface area contributed by atoms with Gasteiger partial charge in [-0.15, -0.1) is 0 Å². The molecule has 0 bridgehead atoms. The van der Waals surface area contributed by atoms with Crippen LogP contribution in [0.3, 0.4) is 0 Å². The van der Waals surface area contributed by atoms with E-state index in [9.17, 15) is 23.5 Å². The van der Waals surface area contributed by atoms with Crippen LogP contribution in [-0.4, -0.2) is 20.8 Å². The number of rotatable bonds is 4. The highest BCUT2D eigenvalue weighted by Crippen LogP contribution is 2.21. The first-order valence-electron chi connectivity index (χ1n) is 7.54. The fraction of sp³-hybridized carbons (Fsp3) is 0.375. The number of ether oxygens (including phenoxy) is 1. The van der Waals surface area contributed by atoms with Crippen molar-refractivity contribution in [1.82, 2.24) is 9.13 Å². The highest BCUT2D eigenvalue weighted by Gasteiger charge is 2.23. The summed E-state index contributed by atoms with van der Waals surface area (Å²) in [6, 6.07) is 5.45. The molecule has 2 aromatic rings. The van der Waals surface area contributed by atoms with Gasteiger partial charge in [0.25, 0.3) is 5.56 Å². The zero-order valence-electron chi connectivity index (χ0n) is 12.7. The zero-order chi connectivity index (χ0) is 17.3. The maximum absolute atomic E-state index is 13.9. The molecule has 1 saturated heterocycles. The molecule has 3 rings (SSSR count). The van der Waals surface area contributed by atoms with Gasteiger partial charge >= 0.3 is 5.69 Å². The third kappa shape index (κ3) is 3.02. The monoisotopic (exact) mass is 338 g/mol. The summed E-state index contributed by atoms with van der Waals surface area (Å²) in [7, 11) is 0. The van der Waals surface area contributed by atoms with E-state index in [1.165, 1.54) is 18.2 Å². The number of aromatic nitrogens is 2. The van der Waals surface area contributed by atoms with E-state index in [0.29, 0.717) is 17.6 Å². The normalized spacial score (nSPS) is 18.7. The lowest BCUT2D eigenvalue weighted by Crippen LogP contribution is -2.43. The van der Waals surface area contributed by atoms with Gasteiger partial charge in [0.1, 0.15) is 12.0 Å². The summed E-state index contributed by atoms with van der Waals surface area (Å²) < 4.78 is 34.5. The number of aliphatic hydroxyl groups is 1. The highest BCUT2D eigenvalue weighted by molar-refractivity contribution is 5.19. The average molecular weight is 338 g/mol. The molecule has 6 nitrogen and oxygen atoms in total. The lowest BCUT2D eigenvalue weighted by Gasteiger charge is -2.17. The summed E-state index contributed by atoms with van der Waals surface area (Å²) in [5.41, 5.74) is -2.04. The minimum Gasteiger partial charge on any atom is -0.386 e. The van der Waals surface area contributed by atoms with E-state index in [1.54, 1.807) is 0 Å². The van der Waals surface area contributed by atoms with E-state index in [4.69, 9.17) is 4.74 Å². The Hall–Kier alpha value is -2.32. The molecule has 0 saturated carbocycles. The van der Waals surface area contributed by atoms with Gasteiger partial charge in [-0.25, -0.2) is 9.18 Å². The van der Waals surface area contributed by atoms with Crippen molar-refractivity contribution in [3.8, 4) is 0 Å². The number of halogens is 2. The van der Waals surface area contributed by atoms with Crippen LogP contribution in [0.25, 0.3) is 0 Å². The van der Waals surface area contributed by atoms with E-state index in [1.807, 2.05) is 0 Å². The standard InChI is InChI=1S/C16H16F2N2O4/c17-11-5-2-1-4-10(11)13(21)9-20-15(22)12(18)8-19(16(20)23)14-6-3-7-24-14/h1-2,4-5,8,13-14,21H,3,6-7,9H2. The van der Waals surface area contributed by atoms with E-state index in [-0.39, 0.29) is 5.56 Å². The molecule has 1 aliphatic rings. The molecule has 1 aromatic heterocycles. The molecule has 1 fully saturated rings. The summed E-state index contributed by atoms with van der Waals surface area (Å²) >= 11 is 0. The smallest absolute Gasteiger partial charge is 0.333 e. The van der Waals surface area contributed by atoms with Gasteiger partial charge in [-0.05, 0) is 18.9 Å². The second-order valence-corrected chi connectivity index (χ2v) is 5.59. The predicted molar refractivity (Wildman–Crippen MR) is 80.5 cm³/mol. The molecule has 1 aromatic carbocycles. The Morgan fingerprint density at radius 3 is 2.67 bits per heavy atom. The first-order valence-corrected chi connectivity index (χ1v) is 7.54. The first-order chi connectivity index (χ1) is 11.5. The third-order valence-electron chi connectivity index (χ3n) is 3.99. The molecule has 8 heteroatoms. The van der Waals surface area contributed by atoms with Crippen LogP contribution in [0.5, 0.6) is 0 Å². The lowest BCUT2D eigenvalue weighted by molar-refractivity contribution is 0.0490. The van der Waals surface area contributed by atoms with E-state index < -0.39 is 41.8 Å². The van der Waals surface area contributed by atoms with Crippen molar-refractivity contribution in [2.45, 2.75) is 31.7 Å². The fourth-order valence-electron chi connectivity index (χ4n) is 2.75. The van der Waals surface area contributed by atoms with Gasteiger partial charge in [-0.2, -0.15) is 4.39 Å². The van der Waals surface area contributed by atoms with Crippen LogP contribution in [0, 0.1) is 11.6 Å². The second-order valence-electron chi connectivity index (χ2n) is 5.59. The topological polar surface area (TPSA) is 73.5 Å². The van der Waals surface area contributed by atoms with E-state index in [0.717, 1.165) is 23.3 Å². The summed E-state index contributed by atoms with van der Waals surface area (Å²) in [5.74, 6) is -1.81. The molecule has 2 heterocycles. The van der Waals surface area contributed by atoms with Gasteiger partial charge < -0.3 is 9.84 Å². The molecular formula is C16H16F2N2O4. The number of benzene rings is 1. The van der Waals surface area contributed by atoms with E-state index >= 15 is 0 Å². The molecule has 1 aliphatic heterocycles. The Kier molecular flexibility index (Phi) is 4.59. The molecule has 24 heavy (non-hydrogen) atoms. The van der Waals surface area contributed by atoms with Crippen LogP contribution in [0.4, 0.5) is 8.78 Å². The van der Waals surface area contributed by atoms with Gasteiger partial charge in [0, 0.05) is 12.2 Å². The molecule has 0 aliphatic carbocycles. The minimum absolute atomic E-state index is 0.0725. The predicted octanol–water partition coefficient (Wildman–Crippen LogP) is 1.33. The molecule has 0 spiro atoms. The number of hydrogen-bond acceptors (Lipinski definition) is 4. The Labute approximate surface area is 135 Å². The van der Waals surface area contributed by atoms with Crippen molar-refractivity contribution < 1.29 is 18.6 Å². The summed E-state index contributed by atoms with van der Waals surface area (Å²) in [6.07, 6.45) is -0.0590. The van der Waals surface area contributed by atoms with Crippen LogP contribution < -0.4 is 11.2 Å². The third-order valence-corrected chi connectivity index (χ3v) is 3.99. The van der Waals surface area contributed by atoms with Crippen molar-refractivity contribution in [1.29, 1.82) is 0 Å². The molecule has 2 atom stereocenters. The second kappa shape index (κ2) is 6.66. The van der Waals surface area contributed by atoms with Gasteiger partial charge in [0.15, 0.2) is 0 Å². The van der Waals surface area contributed by atoms with Crippen LogP contribution in [0.15, 0.2) is 40.1 Å². The van der Waals surface area contributed by atoms with Crippen LogP contribution in [0.1, 0.15) is 30.7 Å². The highest BCUT2D eigenvalue weighted by atomic mass is 19.1. The van der Waals surface area contributed by atoms with Crippen molar-refractivity contribution in [3.05, 3.63) is 68.5 Å². The quantitative estimate of drug-likeness (QED) is 0.913. The fourth-order valence-corrected chi connectivity index (χ4v) is 2.75. The molecule has 0 amide bonds. The zero-order valence-corrected chi connectivity index (χ0v) is 12.7. The molecular weight excluding hydrogens is 322 g/mol. The summed E-state index contributed by atoms with van der Waals surface area (Å²) in [6.45, 7) is -0.112. The van der Waals surface area contributed by atoms with Gasteiger partial charge in [0.05, 0.1) is 18.8 Å². The average Bonchev–Trinajstić information content (AvgIpc) is 3.09. The number of hydrogen-bond donors (Lipinski definition) is 1. The minimum atomic E-state index is -1.46. The maximum Gasteiger partial charge on any atom is 0.333 e. The van der Waals surface area contributed by atoms with Crippen molar-refractivity contribution in [2.24, 2.45) is 0 Å². The van der Waals surface area contributed by atoms with Crippen LogP contribution in [-0.2, 0) is 11.3 Å². The number of aliphatic hydroxyl groups excluding tert-OH is 1. The lowest BCUT2D eigenvalue weighted by atomic mass is 10.1. The largest absolute Gasteiger partial charge is 0.386 e. The molecule has 128 valence electrons. The summed E-state index contributed by atoms with van der Waals surface area (Å²) in [5, 5.41) is 10.1. The van der Waals surface area contributed by atoms with Gasteiger partial charge in [0.2, 0.25) is 5.82 Å². The summed E-state index contributed by atoms with van der Waals surface area (Å²) in [4.78, 5) is 24.4. The molecule has 0 radical (unpaired) electrons. The van der Waals surface area contributed by atoms with Crippen molar-refractivity contribution in [3.63, 3.8) is 0 Å². The Morgan fingerprint density at radius 1 is 1.25 bits per heavy atom. The molecule has 2 unspecified atom stereocenters. The van der Waals surface area contributed by atoms with E-state index in [2.05, 4.69) is 0 Å².